The van der Waals surface area contributed by atoms with Gasteiger partial charge in [0.2, 0.25) is 5.91 Å². The van der Waals surface area contributed by atoms with Crippen molar-refractivity contribution in [2.45, 2.75) is 40.2 Å². The van der Waals surface area contributed by atoms with Crippen LogP contribution < -0.4 is 10.6 Å². The Balaban J connectivity index is 1.67. The van der Waals surface area contributed by atoms with Crippen molar-refractivity contribution >= 4 is 17.5 Å². The highest BCUT2D eigenvalue weighted by molar-refractivity contribution is 5.95. The molecular weight excluding hydrogens is 376 g/mol. The summed E-state index contributed by atoms with van der Waals surface area (Å²) in [5, 5.41) is 10.3. The number of rotatable bonds is 8. The van der Waals surface area contributed by atoms with Gasteiger partial charge in [-0.2, -0.15) is 5.10 Å². The van der Waals surface area contributed by atoms with Gasteiger partial charge in [-0.25, -0.2) is 4.68 Å². The number of amides is 2. The molecule has 0 saturated carbocycles. The summed E-state index contributed by atoms with van der Waals surface area (Å²) in [5.41, 5.74) is 4.02. The molecule has 2 N–H and O–H groups in total. The molecule has 2 aromatic carbocycles. The molecule has 0 unspecified atom stereocenters. The summed E-state index contributed by atoms with van der Waals surface area (Å²) in [4.78, 5) is 24.8. The molecule has 156 valence electrons. The molecule has 0 aliphatic carbocycles. The topological polar surface area (TPSA) is 76.0 Å². The third kappa shape index (κ3) is 5.35. The number of carbonyl (C=O) groups excluding carboxylic acids is 2. The van der Waals surface area contributed by atoms with Crippen LogP contribution in [0.15, 0.2) is 60.8 Å². The van der Waals surface area contributed by atoms with E-state index in [1.807, 2.05) is 75.4 Å². The van der Waals surface area contributed by atoms with Gasteiger partial charge in [-0.15, -0.1) is 0 Å². The first-order chi connectivity index (χ1) is 14.5. The van der Waals surface area contributed by atoms with Crippen LogP contribution in [0.25, 0.3) is 5.69 Å². The molecule has 2 amide bonds. The Morgan fingerprint density at radius 1 is 1.07 bits per heavy atom. The van der Waals surface area contributed by atoms with E-state index in [-0.39, 0.29) is 11.8 Å². The van der Waals surface area contributed by atoms with E-state index in [1.165, 1.54) is 0 Å². The number of nitrogens with one attached hydrogen (secondary N) is 2. The lowest BCUT2D eigenvalue weighted by Crippen LogP contribution is -2.24. The maximum absolute atomic E-state index is 12.8. The molecule has 1 heterocycles. The van der Waals surface area contributed by atoms with Crippen molar-refractivity contribution in [1.29, 1.82) is 0 Å². The highest BCUT2D eigenvalue weighted by atomic mass is 16.2. The largest absolute Gasteiger partial charge is 0.348 e. The summed E-state index contributed by atoms with van der Waals surface area (Å²) in [6.07, 6.45) is 2.78. The molecular formula is C24H28N4O2. The van der Waals surface area contributed by atoms with Crippen LogP contribution in [0.2, 0.25) is 0 Å². The molecule has 0 spiro atoms. The molecule has 0 aliphatic heterocycles. The number of hydrogen-bond acceptors (Lipinski definition) is 3. The molecule has 0 fully saturated rings. The van der Waals surface area contributed by atoms with Crippen LogP contribution in [0, 0.1) is 5.92 Å². The summed E-state index contributed by atoms with van der Waals surface area (Å²) in [6.45, 7) is 6.40. The number of para-hydroxylation sites is 1. The summed E-state index contributed by atoms with van der Waals surface area (Å²) >= 11 is 0. The van der Waals surface area contributed by atoms with E-state index in [4.69, 9.17) is 0 Å². The predicted molar refractivity (Wildman–Crippen MR) is 119 cm³/mol. The summed E-state index contributed by atoms with van der Waals surface area (Å²) in [6, 6.07) is 17.3. The maximum Gasteiger partial charge on any atom is 0.255 e. The molecule has 0 saturated heterocycles. The predicted octanol–water partition coefficient (Wildman–Crippen LogP) is 4.35. The van der Waals surface area contributed by atoms with Gasteiger partial charge >= 0.3 is 0 Å². The van der Waals surface area contributed by atoms with E-state index in [0.29, 0.717) is 30.9 Å². The fraction of sp³-hybridized carbons (Fsp3) is 0.292. The number of carbonyl (C=O) groups is 2. The van der Waals surface area contributed by atoms with E-state index >= 15 is 0 Å². The average molecular weight is 405 g/mol. The van der Waals surface area contributed by atoms with E-state index in [1.54, 1.807) is 10.9 Å². The van der Waals surface area contributed by atoms with E-state index in [0.717, 1.165) is 22.6 Å². The lowest BCUT2D eigenvalue weighted by Gasteiger charge is -2.10. The van der Waals surface area contributed by atoms with Crippen molar-refractivity contribution in [3.63, 3.8) is 0 Å². The van der Waals surface area contributed by atoms with Crippen LogP contribution in [-0.2, 0) is 17.8 Å². The number of hydrogen-bond donors (Lipinski definition) is 2. The SMILES string of the molecule is CCc1c(C(=O)NCc2cccc(NC(=O)CC(C)C)c2)cnn1-c1ccccc1. The number of anilines is 1. The third-order valence-corrected chi connectivity index (χ3v) is 4.71. The number of aromatic nitrogens is 2. The molecule has 30 heavy (non-hydrogen) atoms. The van der Waals surface area contributed by atoms with E-state index in [9.17, 15) is 9.59 Å². The van der Waals surface area contributed by atoms with Gasteiger partial charge in [0.25, 0.3) is 5.91 Å². The van der Waals surface area contributed by atoms with E-state index < -0.39 is 0 Å². The van der Waals surface area contributed by atoms with Crippen molar-refractivity contribution < 1.29 is 9.59 Å². The van der Waals surface area contributed by atoms with Crippen LogP contribution in [0.3, 0.4) is 0 Å². The zero-order valence-electron chi connectivity index (χ0n) is 17.7. The lowest BCUT2D eigenvalue weighted by atomic mass is 10.1. The second kappa shape index (κ2) is 9.87. The lowest BCUT2D eigenvalue weighted by molar-refractivity contribution is -0.116. The van der Waals surface area contributed by atoms with Crippen molar-refractivity contribution in [2.24, 2.45) is 5.92 Å². The second-order valence-corrected chi connectivity index (χ2v) is 7.64. The highest BCUT2D eigenvalue weighted by Crippen LogP contribution is 2.16. The Kier molecular flexibility index (Phi) is 7.01. The van der Waals surface area contributed by atoms with Gasteiger partial charge in [0.15, 0.2) is 0 Å². The van der Waals surface area contributed by atoms with Gasteiger partial charge in [-0.05, 0) is 42.2 Å². The Labute approximate surface area is 177 Å². The minimum atomic E-state index is -0.164. The molecule has 0 bridgehead atoms. The zero-order valence-corrected chi connectivity index (χ0v) is 17.7. The van der Waals surface area contributed by atoms with Gasteiger partial charge in [0.05, 0.1) is 23.1 Å². The molecule has 1 aromatic heterocycles. The minimum Gasteiger partial charge on any atom is -0.348 e. The standard InChI is InChI=1S/C24H28N4O2/c1-4-22-21(16-26-28(22)20-11-6-5-7-12-20)24(30)25-15-18-9-8-10-19(14-18)27-23(29)13-17(2)3/h5-12,14,16-17H,4,13,15H2,1-3H3,(H,25,30)(H,27,29). The van der Waals surface area contributed by atoms with E-state index in [2.05, 4.69) is 15.7 Å². The summed E-state index contributed by atoms with van der Waals surface area (Å²) in [7, 11) is 0. The van der Waals surface area contributed by atoms with Gasteiger partial charge in [-0.1, -0.05) is 51.1 Å². The van der Waals surface area contributed by atoms with Gasteiger partial charge in [0.1, 0.15) is 0 Å². The quantitative estimate of drug-likeness (QED) is 0.586. The van der Waals surface area contributed by atoms with Gasteiger partial charge in [0, 0.05) is 18.7 Å². The summed E-state index contributed by atoms with van der Waals surface area (Å²) in [5.74, 6) is 0.132. The smallest absolute Gasteiger partial charge is 0.255 e. The normalized spacial score (nSPS) is 10.8. The number of benzene rings is 2. The molecule has 3 rings (SSSR count). The van der Waals surface area contributed by atoms with Crippen LogP contribution in [0.4, 0.5) is 5.69 Å². The summed E-state index contributed by atoms with van der Waals surface area (Å²) < 4.78 is 1.81. The highest BCUT2D eigenvalue weighted by Gasteiger charge is 2.17. The van der Waals surface area contributed by atoms with Gasteiger partial charge < -0.3 is 10.6 Å². The Bertz CT molecular complexity index is 1010. The average Bonchev–Trinajstić information content (AvgIpc) is 3.16. The first-order valence-corrected chi connectivity index (χ1v) is 10.3. The maximum atomic E-state index is 12.8. The Morgan fingerprint density at radius 2 is 1.83 bits per heavy atom. The van der Waals surface area contributed by atoms with Crippen LogP contribution in [-0.4, -0.2) is 21.6 Å². The third-order valence-electron chi connectivity index (χ3n) is 4.71. The van der Waals surface area contributed by atoms with Crippen molar-refractivity contribution in [2.75, 3.05) is 5.32 Å². The zero-order chi connectivity index (χ0) is 21.5. The first kappa shape index (κ1) is 21.3. The van der Waals surface area contributed by atoms with Crippen LogP contribution in [0.5, 0.6) is 0 Å². The first-order valence-electron chi connectivity index (χ1n) is 10.3. The number of nitrogens with zero attached hydrogens (tertiary/aromatic N) is 2. The Morgan fingerprint density at radius 3 is 2.53 bits per heavy atom. The molecule has 0 aliphatic rings. The minimum absolute atomic E-state index is 0.00732. The second-order valence-electron chi connectivity index (χ2n) is 7.64. The molecule has 3 aromatic rings. The molecule has 0 radical (unpaired) electrons. The van der Waals surface area contributed by atoms with Crippen LogP contribution >= 0.6 is 0 Å². The fourth-order valence-corrected chi connectivity index (χ4v) is 3.31. The van der Waals surface area contributed by atoms with Crippen molar-refractivity contribution in [1.82, 2.24) is 15.1 Å². The Hall–Kier alpha value is -3.41. The molecule has 0 atom stereocenters. The van der Waals surface area contributed by atoms with Crippen molar-refractivity contribution in [3.8, 4) is 5.69 Å². The molecule has 6 heteroatoms. The monoisotopic (exact) mass is 404 g/mol. The van der Waals surface area contributed by atoms with Crippen molar-refractivity contribution in [3.05, 3.63) is 77.6 Å². The molecule has 6 nitrogen and oxygen atoms in total. The van der Waals surface area contributed by atoms with Crippen LogP contribution in [0.1, 0.15) is 48.8 Å². The fourth-order valence-electron chi connectivity index (χ4n) is 3.31. The van der Waals surface area contributed by atoms with Gasteiger partial charge in [-0.3, -0.25) is 9.59 Å².